The van der Waals surface area contributed by atoms with Crippen molar-refractivity contribution < 1.29 is 0 Å². The number of rotatable bonds is 2. The fourth-order valence-corrected chi connectivity index (χ4v) is 1.88. The second-order valence-corrected chi connectivity index (χ2v) is 4.33. The van der Waals surface area contributed by atoms with E-state index in [1.54, 1.807) is 0 Å². The Morgan fingerprint density at radius 3 is 2.00 bits per heavy atom. The summed E-state index contributed by atoms with van der Waals surface area (Å²) in [4.78, 5) is 8.94. The fraction of sp³-hybridized carbons (Fsp3) is 0.643. The van der Waals surface area contributed by atoms with Gasteiger partial charge in [-0.3, -0.25) is 4.98 Å². The molecule has 0 amide bonds. The molecule has 0 aliphatic carbocycles. The third-order valence-corrected chi connectivity index (χ3v) is 2.85. The number of piperazine rings is 1. The maximum atomic E-state index is 4.03. The van der Waals surface area contributed by atoms with Crippen LogP contribution in [0.4, 0.5) is 5.69 Å². The van der Waals surface area contributed by atoms with Crippen LogP contribution < -0.4 is 4.90 Å². The number of aromatic nitrogens is 1. The molecule has 0 saturated carbocycles. The number of nitrogens with zero attached hydrogens (tertiary/aromatic N) is 3. The van der Waals surface area contributed by atoms with Gasteiger partial charge in [-0.2, -0.15) is 0 Å². The molecule has 0 N–H and O–H groups in total. The van der Waals surface area contributed by atoms with Gasteiger partial charge in [0.15, 0.2) is 0 Å². The number of hydrogen-bond donors (Lipinski definition) is 0. The highest BCUT2D eigenvalue weighted by molar-refractivity contribution is 5.44. The van der Waals surface area contributed by atoms with Crippen LogP contribution in [0.1, 0.15) is 27.2 Å². The lowest BCUT2D eigenvalue weighted by atomic mass is 10.2. The first-order chi connectivity index (χ1) is 8.31. The lowest BCUT2D eigenvalue weighted by Crippen LogP contribution is -2.46. The maximum Gasteiger partial charge on any atom is 0.0397 e. The van der Waals surface area contributed by atoms with Gasteiger partial charge in [0.05, 0.1) is 0 Å². The van der Waals surface area contributed by atoms with Crippen LogP contribution in [-0.2, 0) is 0 Å². The molecule has 1 saturated heterocycles. The molecule has 0 aromatic carbocycles. The van der Waals surface area contributed by atoms with E-state index in [-0.39, 0.29) is 0 Å². The molecule has 3 nitrogen and oxygen atoms in total. The smallest absolute Gasteiger partial charge is 0.0397 e. The topological polar surface area (TPSA) is 19.4 Å². The molecule has 1 aromatic heterocycles. The lowest BCUT2D eigenvalue weighted by Gasteiger charge is -2.35. The number of anilines is 1. The summed E-state index contributed by atoms with van der Waals surface area (Å²) in [6, 6.07) is 4.17. The summed E-state index contributed by atoms with van der Waals surface area (Å²) in [6.07, 6.45) is 4.98. The summed E-state index contributed by atoms with van der Waals surface area (Å²) in [6.45, 7) is 12.3. The van der Waals surface area contributed by atoms with Crippen molar-refractivity contribution in [3.63, 3.8) is 0 Å². The average molecular weight is 235 g/mol. The van der Waals surface area contributed by atoms with Crippen molar-refractivity contribution in [2.75, 3.05) is 37.6 Å². The molecular formula is C14H25N3. The highest BCUT2D eigenvalue weighted by Gasteiger charge is 2.14. The predicted octanol–water partition coefficient (Wildman–Crippen LogP) is 2.64. The van der Waals surface area contributed by atoms with Crippen molar-refractivity contribution in [3.05, 3.63) is 24.5 Å². The number of hydrogen-bond acceptors (Lipinski definition) is 3. The van der Waals surface area contributed by atoms with Gasteiger partial charge in [0.2, 0.25) is 0 Å². The van der Waals surface area contributed by atoms with Crippen molar-refractivity contribution in [1.82, 2.24) is 9.88 Å². The van der Waals surface area contributed by atoms with E-state index in [9.17, 15) is 0 Å². The predicted molar refractivity (Wildman–Crippen MR) is 74.5 cm³/mol. The number of likely N-dealkylation sites (N-methyl/N-ethyl adjacent to an activating group) is 1. The van der Waals surface area contributed by atoms with Crippen LogP contribution in [0.3, 0.4) is 0 Å². The van der Waals surface area contributed by atoms with Gasteiger partial charge in [-0.25, -0.2) is 0 Å². The van der Waals surface area contributed by atoms with Crippen LogP contribution in [0.2, 0.25) is 0 Å². The average Bonchev–Trinajstić information content (AvgIpc) is 2.41. The fourth-order valence-electron chi connectivity index (χ4n) is 1.88. The normalized spacial score (nSPS) is 16.3. The lowest BCUT2D eigenvalue weighted by molar-refractivity contribution is 0.271. The molecule has 0 spiro atoms. The molecule has 17 heavy (non-hydrogen) atoms. The van der Waals surface area contributed by atoms with Crippen LogP contribution in [-0.4, -0.2) is 42.6 Å². The Hall–Kier alpha value is -1.09. The van der Waals surface area contributed by atoms with Crippen molar-refractivity contribution in [2.45, 2.75) is 27.2 Å². The summed E-state index contributed by atoms with van der Waals surface area (Å²) in [5.74, 6) is 0. The van der Waals surface area contributed by atoms with Crippen LogP contribution >= 0.6 is 0 Å². The van der Waals surface area contributed by atoms with Crippen molar-refractivity contribution >= 4 is 5.69 Å². The van der Waals surface area contributed by atoms with E-state index >= 15 is 0 Å². The maximum absolute atomic E-state index is 4.03. The van der Waals surface area contributed by atoms with Crippen LogP contribution in [0, 0.1) is 0 Å². The monoisotopic (exact) mass is 235 g/mol. The first kappa shape index (κ1) is 14.0. The Morgan fingerprint density at radius 2 is 1.53 bits per heavy atom. The van der Waals surface area contributed by atoms with E-state index in [1.807, 2.05) is 12.4 Å². The summed E-state index contributed by atoms with van der Waals surface area (Å²) in [5, 5.41) is 0. The highest BCUT2D eigenvalue weighted by Crippen LogP contribution is 2.14. The van der Waals surface area contributed by atoms with Gasteiger partial charge in [-0.05, 0) is 18.7 Å². The minimum Gasteiger partial charge on any atom is -0.369 e. The standard InChI is InChI=1S/C11H17N3.C3H8/c1-2-13-7-9-14(10-8-13)11-3-5-12-6-4-11;1-3-2/h3-6H,2,7-10H2,1H3;3H2,1-2H3. The van der Waals surface area contributed by atoms with E-state index in [0.717, 1.165) is 13.1 Å². The summed E-state index contributed by atoms with van der Waals surface area (Å²) >= 11 is 0. The second kappa shape index (κ2) is 8.07. The van der Waals surface area contributed by atoms with Gasteiger partial charge < -0.3 is 9.80 Å². The summed E-state index contributed by atoms with van der Waals surface area (Å²) in [5.41, 5.74) is 1.30. The Bertz CT molecular complexity index is 279. The van der Waals surface area contributed by atoms with Gasteiger partial charge in [0, 0.05) is 44.3 Å². The first-order valence-corrected chi connectivity index (χ1v) is 6.69. The molecule has 1 aliphatic rings. The quantitative estimate of drug-likeness (QED) is 0.785. The van der Waals surface area contributed by atoms with Gasteiger partial charge in [-0.15, -0.1) is 0 Å². The van der Waals surface area contributed by atoms with Gasteiger partial charge in [0.1, 0.15) is 0 Å². The largest absolute Gasteiger partial charge is 0.369 e. The van der Waals surface area contributed by atoms with Crippen LogP contribution in [0.5, 0.6) is 0 Å². The van der Waals surface area contributed by atoms with E-state index in [4.69, 9.17) is 0 Å². The van der Waals surface area contributed by atoms with E-state index in [2.05, 4.69) is 47.7 Å². The summed E-state index contributed by atoms with van der Waals surface area (Å²) in [7, 11) is 0. The Labute approximate surface area is 105 Å². The zero-order valence-corrected chi connectivity index (χ0v) is 11.4. The van der Waals surface area contributed by atoms with E-state index in [0.29, 0.717) is 0 Å². The molecule has 96 valence electrons. The Morgan fingerprint density at radius 1 is 1.00 bits per heavy atom. The molecule has 1 aromatic rings. The highest BCUT2D eigenvalue weighted by atomic mass is 15.3. The number of pyridine rings is 1. The zero-order chi connectivity index (χ0) is 12.5. The zero-order valence-electron chi connectivity index (χ0n) is 11.4. The molecule has 3 heteroatoms. The van der Waals surface area contributed by atoms with Gasteiger partial charge in [0.25, 0.3) is 0 Å². The van der Waals surface area contributed by atoms with Gasteiger partial charge >= 0.3 is 0 Å². The van der Waals surface area contributed by atoms with Gasteiger partial charge in [-0.1, -0.05) is 27.2 Å². The van der Waals surface area contributed by atoms with Crippen LogP contribution in [0.15, 0.2) is 24.5 Å². The minimum atomic E-state index is 1.14. The Kier molecular flexibility index (Phi) is 6.63. The van der Waals surface area contributed by atoms with Crippen LogP contribution in [0.25, 0.3) is 0 Å². The molecule has 1 fully saturated rings. The Balaban J connectivity index is 0.000000437. The SMILES string of the molecule is CCC.CCN1CCN(c2ccncc2)CC1. The molecule has 0 radical (unpaired) electrons. The molecule has 2 heterocycles. The van der Waals surface area contributed by atoms with E-state index < -0.39 is 0 Å². The first-order valence-electron chi connectivity index (χ1n) is 6.69. The minimum absolute atomic E-state index is 1.14. The molecule has 1 aliphatic heterocycles. The molecular weight excluding hydrogens is 210 g/mol. The second-order valence-electron chi connectivity index (χ2n) is 4.33. The third-order valence-electron chi connectivity index (χ3n) is 2.85. The molecule has 2 rings (SSSR count). The molecule has 0 atom stereocenters. The summed E-state index contributed by atoms with van der Waals surface area (Å²) < 4.78 is 0. The van der Waals surface area contributed by atoms with Crippen molar-refractivity contribution in [2.24, 2.45) is 0 Å². The van der Waals surface area contributed by atoms with Crippen molar-refractivity contribution in [3.8, 4) is 0 Å². The molecule has 0 unspecified atom stereocenters. The molecule has 0 bridgehead atoms. The third kappa shape index (κ3) is 4.73. The van der Waals surface area contributed by atoms with Crippen molar-refractivity contribution in [1.29, 1.82) is 0 Å². The van der Waals surface area contributed by atoms with E-state index in [1.165, 1.54) is 31.7 Å².